The van der Waals surface area contributed by atoms with E-state index in [0.717, 1.165) is 19.3 Å². The van der Waals surface area contributed by atoms with Crippen molar-refractivity contribution in [2.24, 2.45) is 0 Å². The fourth-order valence-electron chi connectivity index (χ4n) is 3.21. The van der Waals surface area contributed by atoms with Crippen LogP contribution in [0.25, 0.3) is 0 Å². The molecule has 1 aliphatic rings. The number of nitrogens with zero attached hydrogens (tertiary/aromatic N) is 1. The Bertz CT molecular complexity index is 633. The van der Waals surface area contributed by atoms with Crippen LogP contribution in [0.4, 0.5) is 4.39 Å². The number of hydrogen-bond acceptors (Lipinski definition) is 3. The molecule has 6 nitrogen and oxygen atoms in total. The maximum absolute atomic E-state index is 12.8. The molecule has 1 heterocycles. The summed E-state index contributed by atoms with van der Waals surface area (Å²) >= 11 is 0. The summed E-state index contributed by atoms with van der Waals surface area (Å²) in [5.74, 6) is -1.52. The number of benzene rings is 1. The van der Waals surface area contributed by atoms with E-state index in [1.807, 2.05) is 0 Å². The van der Waals surface area contributed by atoms with Crippen molar-refractivity contribution in [1.82, 2.24) is 10.2 Å². The van der Waals surface area contributed by atoms with E-state index in [9.17, 15) is 18.8 Å². The highest BCUT2D eigenvalue weighted by Crippen LogP contribution is 2.22. The summed E-state index contributed by atoms with van der Waals surface area (Å²) in [5, 5.41) is 11.6. The Hall–Kier alpha value is -2.44. The molecule has 0 bridgehead atoms. The van der Waals surface area contributed by atoms with Crippen molar-refractivity contribution in [3.63, 3.8) is 0 Å². The van der Waals surface area contributed by atoms with Crippen LogP contribution in [0.1, 0.15) is 55.3 Å². The number of nitrogens with one attached hydrogen (secondary N) is 1. The molecular weight excluding hydrogens is 339 g/mol. The van der Waals surface area contributed by atoms with Gasteiger partial charge in [-0.05, 0) is 56.4 Å². The number of amides is 2. The minimum Gasteiger partial charge on any atom is -0.481 e. The van der Waals surface area contributed by atoms with Crippen LogP contribution in [-0.4, -0.2) is 46.9 Å². The van der Waals surface area contributed by atoms with Gasteiger partial charge in [0.05, 0.1) is 0 Å². The van der Waals surface area contributed by atoms with E-state index in [2.05, 4.69) is 5.32 Å². The molecule has 1 aromatic carbocycles. The van der Waals surface area contributed by atoms with Gasteiger partial charge in [0.2, 0.25) is 5.91 Å². The predicted octanol–water partition coefficient (Wildman–Crippen LogP) is 2.58. The number of hydrogen-bond donors (Lipinski definition) is 2. The third-order valence-electron chi connectivity index (χ3n) is 4.60. The summed E-state index contributed by atoms with van der Waals surface area (Å²) in [7, 11) is 0. The van der Waals surface area contributed by atoms with Gasteiger partial charge in [0, 0.05) is 37.5 Å². The molecule has 0 saturated carbocycles. The van der Waals surface area contributed by atoms with E-state index in [1.54, 1.807) is 4.90 Å². The molecule has 1 aromatic rings. The summed E-state index contributed by atoms with van der Waals surface area (Å²) in [6, 6.07) is 5.28. The molecule has 1 atom stereocenters. The summed E-state index contributed by atoms with van der Waals surface area (Å²) < 4.78 is 12.8. The largest absolute Gasteiger partial charge is 0.481 e. The SMILES string of the molecule is O=C(O)CCC1CCCCN1C(=O)CCCNC(=O)c1ccc(F)cc1. The highest BCUT2D eigenvalue weighted by atomic mass is 19.1. The number of halogens is 1. The first-order valence-electron chi connectivity index (χ1n) is 9.02. The van der Waals surface area contributed by atoms with Gasteiger partial charge in [-0.25, -0.2) is 4.39 Å². The fourth-order valence-corrected chi connectivity index (χ4v) is 3.21. The fraction of sp³-hybridized carbons (Fsp3) is 0.526. The molecule has 142 valence electrons. The van der Waals surface area contributed by atoms with Crippen molar-refractivity contribution >= 4 is 17.8 Å². The van der Waals surface area contributed by atoms with Crippen molar-refractivity contribution in [2.45, 2.75) is 51.0 Å². The Morgan fingerprint density at radius 1 is 1.15 bits per heavy atom. The molecule has 0 radical (unpaired) electrons. The first-order valence-corrected chi connectivity index (χ1v) is 9.02. The normalized spacial score (nSPS) is 17.0. The van der Waals surface area contributed by atoms with Crippen LogP contribution >= 0.6 is 0 Å². The van der Waals surface area contributed by atoms with Gasteiger partial charge < -0.3 is 15.3 Å². The van der Waals surface area contributed by atoms with Crippen LogP contribution in [0.3, 0.4) is 0 Å². The summed E-state index contributed by atoms with van der Waals surface area (Å²) in [5.41, 5.74) is 0.377. The second-order valence-corrected chi connectivity index (χ2v) is 6.54. The molecule has 0 aromatic heterocycles. The van der Waals surface area contributed by atoms with Crippen molar-refractivity contribution in [2.75, 3.05) is 13.1 Å². The van der Waals surface area contributed by atoms with Gasteiger partial charge in [0.15, 0.2) is 0 Å². The van der Waals surface area contributed by atoms with Crippen LogP contribution in [0.5, 0.6) is 0 Å². The van der Waals surface area contributed by atoms with Gasteiger partial charge in [-0.15, -0.1) is 0 Å². The summed E-state index contributed by atoms with van der Waals surface area (Å²) in [6.45, 7) is 1.03. The molecule has 0 aliphatic carbocycles. The lowest BCUT2D eigenvalue weighted by molar-refractivity contribution is -0.140. The second-order valence-electron chi connectivity index (χ2n) is 6.54. The van der Waals surface area contributed by atoms with Crippen LogP contribution in [-0.2, 0) is 9.59 Å². The summed E-state index contributed by atoms with van der Waals surface area (Å²) in [4.78, 5) is 36.9. The zero-order valence-corrected chi connectivity index (χ0v) is 14.7. The van der Waals surface area contributed by atoms with Crippen LogP contribution in [0.2, 0.25) is 0 Å². The zero-order valence-electron chi connectivity index (χ0n) is 14.7. The third-order valence-corrected chi connectivity index (χ3v) is 4.60. The van der Waals surface area contributed by atoms with E-state index in [-0.39, 0.29) is 24.3 Å². The monoisotopic (exact) mass is 364 g/mol. The molecule has 1 fully saturated rings. The number of aliphatic carboxylic acids is 1. The summed E-state index contributed by atoms with van der Waals surface area (Å²) in [6.07, 6.45) is 4.18. The Morgan fingerprint density at radius 3 is 2.58 bits per heavy atom. The zero-order chi connectivity index (χ0) is 18.9. The smallest absolute Gasteiger partial charge is 0.303 e. The van der Waals surface area contributed by atoms with Crippen molar-refractivity contribution < 1.29 is 23.9 Å². The molecule has 2 rings (SSSR count). The molecule has 2 N–H and O–H groups in total. The minimum atomic E-state index is -0.841. The molecule has 2 amide bonds. The maximum Gasteiger partial charge on any atom is 0.303 e. The lowest BCUT2D eigenvalue weighted by Crippen LogP contribution is -2.44. The van der Waals surface area contributed by atoms with Crippen LogP contribution in [0.15, 0.2) is 24.3 Å². The Balaban J connectivity index is 1.73. The van der Waals surface area contributed by atoms with Crippen molar-refractivity contribution in [3.8, 4) is 0 Å². The Morgan fingerprint density at radius 2 is 1.88 bits per heavy atom. The lowest BCUT2D eigenvalue weighted by atomic mass is 9.97. The number of carboxylic acid groups (broad SMARTS) is 1. The van der Waals surface area contributed by atoms with E-state index in [4.69, 9.17) is 5.11 Å². The molecule has 26 heavy (non-hydrogen) atoms. The molecule has 7 heteroatoms. The van der Waals surface area contributed by atoms with E-state index < -0.39 is 11.8 Å². The van der Waals surface area contributed by atoms with Gasteiger partial charge >= 0.3 is 5.97 Å². The van der Waals surface area contributed by atoms with E-state index >= 15 is 0 Å². The molecule has 1 aliphatic heterocycles. The van der Waals surface area contributed by atoms with Gasteiger partial charge in [-0.1, -0.05) is 0 Å². The number of carbonyl (C=O) groups excluding carboxylic acids is 2. The first-order chi connectivity index (χ1) is 12.5. The highest BCUT2D eigenvalue weighted by Gasteiger charge is 2.26. The lowest BCUT2D eigenvalue weighted by Gasteiger charge is -2.35. The topological polar surface area (TPSA) is 86.7 Å². The van der Waals surface area contributed by atoms with Gasteiger partial charge in [-0.3, -0.25) is 14.4 Å². The average Bonchev–Trinajstić information content (AvgIpc) is 2.64. The second kappa shape index (κ2) is 9.89. The Labute approximate surface area is 152 Å². The van der Waals surface area contributed by atoms with Crippen LogP contribution in [0, 0.1) is 5.82 Å². The molecule has 1 unspecified atom stereocenters. The third kappa shape index (κ3) is 6.13. The maximum atomic E-state index is 12.8. The van der Waals surface area contributed by atoms with E-state index in [0.29, 0.717) is 37.9 Å². The Kier molecular flexibility index (Phi) is 7.56. The number of rotatable bonds is 8. The minimum absolute atomic E-state index is 0.00107. The van der Waals surface area contributed by atoms with Crippen molar-refractivity contribution in [3.05, 3.63) is 35.6 Å². The molecule has 1 saturated heterocycles. The van der Waals surface area contributed by atoms with Gasteiger partial charge in [0.1, 0.15) is 5.82 Å². The van der Waals surface area contributed by atoms with Crippen LogP contribution < -0.4 is 5.32 Å². The average molecular weight is 364 g/mol. The standard InChI is InChI=1S/C19H25FN2O4/c20-15-8-6-14(7-9-15)19(26)21-12-3-5-17(23)22-13-2-1-4-16(22)10-11-18(24)25/h6-9,16H,1-5,10-13H2,(H,21,26)(H,24,25). The number of likely N-dealkylation sites (tertiary alicyclic amines) is 1. The van der Waals surface area contributed by atoms with Gasteiger partial charge in [0.25, 0.3) is 5.91 Å². The predicted molar refractivity (Wildman–Crippen MR) is 94.2 cm³/mol. The van der Waals surface area contributed by atoms with Crippen molar-refractivity contribution in [1.29, 1.82) is 0 Å². The molecular formula is C19H25FN2O4. The number of carboxylic acids is 1. The number of piperidine rings is 1. The van der Waals surface area contributed by atoms with Gasteiger partial charge in [-0.2, -0.15) is 0 Å². The highest BCUT2D eigenvalue weighted by molar-refractivity contribution is 5.94. The van der Waals surface area contributed by atoms with E-state index in [1.165, 1.54) is 24.3 Å². The number of carbonyl (C=O) groups is 3. The molecule has 0 spiro atoms. The quantitative estimate of drug-likeness (QED) is 0.694. The first kappa shape index (κ1) is 19.9.